The molecule has 1 N–H and O–H groups in total. The summed E-state index contributed by atoms with van der Waals surface area (Å²) in [4.78, 5) is 17.1. The van der Waals surface area contributed by atoms with Crippen LogP contribution in [-0.2, 0) is 11.3 Å². The lowest BCUT2D eigenvalue weighted by Crippen LogP contribution is -2.20. The number of amides is 1. The van der Waals surface area contributed by atoms with Gasteiger partial charge in [0.1, 0.15) is 5.75 Å². The maximum Gasteiger partial charge on any atom is 0.244 e. The van der Waals surface area contributed by atoms with Crippen LogP contribution in [-0.4, -0.2) is 43.9 Å². The van der Waals surface area contributed by atoms with Crippen molar-refractivity contribution in [2.24, 2.45) is 0 Å². The summed E-state index contributed by atoms with van der Waals surface area (Å²) in [5, 5.41) is 5.01. The molecule has 0 unspecified atom stereocenters. The number of carbonyl (C=O) groups is 1. The van der Waals surface area contributed by atoms with E-state index in [1.165, 1.54) is 6.08 Å². The van der Waals surface area contributed by atoms with E-state index in [0.29, 0.717) is 23.8 Å². The number of fused-ring (bicyclic) bond motifs is 3. The van der Waals surface area contributed by atoms with Gasteiger partial charge in [-0.05, 0) is 35.9 Å². The van der Waals surface area contributed by atoms with Crippen LogP contribution in [0.3, 0.4) is 0 Å². The maximum absolute atomic E-state index is 12.5. The topological polar surface area (TPSA) is 83.8 Å². The molecule has 8 nitrogen and oxygen atoms in total. The van der Waals surface area contributed by atoms with E-state index < -0.39 is 0 Å². The molecule has 0 aliphatic rings. The Bertz CT molecular complexity index is 1650. The Hall–Kier alpha value is -4.98. The third-order valence-corrected chi connectivity index (χ3v) is 6.51. The van der Waals surface area contributed by atoms with Crippen LogP contribution in [0.5, 0.6) is 23.0 Å². The van der Waals surface area contributed by atoms with E-state index in [1.807, 2.05) is 60.8 Å². The van der Waals surface area contributed by atoms with Gasteiger partial charge in [-0.25, -0.2) is 0 Å². The molecule has 1 amide bonds. The number of nitrogens with one attached hydrogen (secondary N) is 1. The molecule has 0 bridgehead atoms. The molecule has 0 spiro atoms. The van der Waals surface area contributed by atoms with Crippen LogP contribution in [0.4, 0.5) is 0 Å². The molecule has 2 aromatic heterocycles. The third kappa shape index (κ3) is 5.09. The van der Waals surface area contributed by atoms with Crippen molar-refractivity contribution in [1.82, 2.24) is 14.9 Å². The van der Waals surface area contributed by atoms with Gasteiger partial charge in [0.15, 0.2) is 11.5 Å². The Labute approximate surface area is 226 Å². The molecular formula is C31H29N3O5. The summed E-state index contributed by atoms with van der Waals surface area (Å²) in [5.74, 6) is 2.22. The average molecular weight is 524 g/mol. The van der Waals surface area contributed by atoms with Crippen molar-refractivity contribution in [3.05, 3.63) is 90.3 Å². The lowest BCUT2D eigenvalue weighted by Gasteiger charge is -2.16. The molecule has 0 saturated heterocycles. The second kappa shape index (κ2) is 11.2. The van der Waals surface area contributed by atoms with E-state index in [-0.39, 0.29) is 5.91 Å². The number of benzene rings is 3. The van der Waals surface area contributed by atoms with Crippen LogP contribution < -0.4 is 24.3 Å². The SMILES string of the molecule is COc1ccc(/C=C/C(=O)NCc2cc3c4ccccc4n(-c4cc(OC)c(OC)c(OC)c4)c3cn2)cc1. The van der Waals surface area contributed by atoms with Crippen molar-refractivity contribution in [3.63, 3.8) is 0 Å². The molecule has 0 aliphatic heterocycles. The molecule has 0 saturated carbocycles. The Morgan fingerprint density at radius 2 is 1.56 bits per heavy atom. The van der Waals surface area contributed by atoms with Gasteiger partial charge in [-0.2, -0.15) is 0 Å². The first kappa shape index (κ1) is 25.7. The Balaban J connectivity index is 1.45. The molecule has 5 aromatic rings. The van der Waals surface area contributed by atoms with Crippen LogP contribution in [0.15, 0.2) is 79.0 Å². The van der Waals surface area contributed by atoms with Gasteiger partial charge in [-0.3, -0.25) is 9.78 Å². The summed E-state index contributed by atoms with van der Waals surface area (Å²) < 4.78 is 24.0. The molecule has 8 heteroatoms. The molecule has 2 heterocycles. The van der Waals surface area contributed by atoms with Gasteiger partial charge < -0.3 is 28.8 Å². The summed E-state index contributed by atoms with van der Waals surface area (Å²) in [5.41, 5.74) is 4.43. The minimum atomic E-state index is -0.201. The first-order valence-electron chi connectivity index (χ1n) is 12.3. The number of para-hydroxylation sites is 1. The first-order valence-corrected chi connectivity index (χ1v) is 12.3. The van der Waals surface area contributed by atoms with Crippen LogP contribution >= 0.6 is 0 Å². The van der Waals surface area contributed by atoms with Crippen molar-refractivity contribution in [2.75, 3.05) is 28.4 Å². The largest absolute Gasteiger partial charge is 0.497 e. The Morgan fingerprint density at radius 1 is 0.846 bits per heavy atom. The Kier molecular flexibility index (Phi) is 7.36. The molecule has 0 atom stereocenters. The summed E-state index contributed by atoms with van der Waals surface area (Å²) in [6.45, 7) is 0.297. The predicted octanol–water partition coefficient (Wildman–Crippen LogP) is 5.54. The first-order chi connectivity index (χ1) is 19.1. The zero-order chi connectivity index (χ0) is 27.4. The Morgan fingerprint density at radius 3 is 2.23 bits per heavy atom. The van der Waals surface area contributed by atoms with Gasteiger partial charge >= 0.3 is 0 Å². The zero-order valence-corrected chi connectivity index (χ0v) is 22.2. The number of pyridine rings is 1. The van der Waals surface area contributed by atoms with Gasteiger partial charge in [-0.1, -0.05) is 30.3 Å². The van der Waals surface area contributed by atoms with Gasteiger partial charge in [-0.15, -0.1) is 0 Å². The zero-order valence-electron chi connectivity index (χ0n) is 22.2. The van der Waals surface area contributed by atoms with E-state index in [0.717, 1.165) is 44.5 Å². The van der Waals surface area contributed by atoms with E-state index in [2.05, 4.69) is 27.0 Å². The number of nitrogens with zero attached hydrogens (tertiary/aromatic N) is 2. The predicted molar refractivity (Wildman–Crippen MR) is 152 cm³/mol. The molecule has 0 fully saturated rings. The van der Waals surface area contributed by atoms with Crippen molar-refractivity contribution in [1.29, 1.82) is 0 Å². The standard InChI is InChI=1S/C31H29N3O5/c1-36-23-12-9-20(10-13-23)11-14-30(35)33-18-21-15-25-24-7-5-6-8-26(24)34(27(25)19-32-21)22-16-28(37-2)31(39-4)29(17-22)38-3/h5-17,19H,18H2,1-4H3,(H,33,35)/b14-11+. The highest BCUT2D eigenvalue weighted by atomic mass is 16.5. The lowest BCUT2D eigenvalue weighted by molar-refractivity contribution is -0.116. The van der Waals surface area contributed by atoms with Crippen molar-refractivity contribution in [2.45, 2.75) is 6.54 Å². The van der Waals surface area contributed by atoms with E-state index in [1.54, 1.807) is 34.5 Å². The van der Waals surface area contributed by atoms with Gasteiger partial charge in [0.25, 0.3) is 0 Å². The monoisotopic (exact) mass is 523 g/mol. The van der Waals surface area contributed by atoms with Crippen molar-refractivity contribution >= 4 is 33.8 Å². The van der Waals surface area contributed by atoms with Crippen LogP contribution in [0, 0.1) is 0 Å². The van der Waals surface area contributed by atoms with Crippen molar-refractivity contribution in [3.8, 4) is 28.7 Å². The molecule has 39 heavy (non-hydrogen) atoms. The van der Waals surface area contributed by atoms with Gasteiger partial charge in [0, 0.05) is 29.0 Å². The van der Waals surface area contributed by atoms with E-state index in [4.69, 9.17) is 18.9 Å². The van der Waals surface area contributed by atoms with Crippen molar-refractivity contribution < 1.29 is 23.7 Å². The fourth-order valence-electron chi connectivity index (χ4n) is 4.61. The smallest absolute Gasteiger partial charge is 0.244 e. The normalized spacial score (nSPS) is 11.2. The summed E-state index contributed by atoms with van der Waals surface area (Å²) in [6, 6.07) is 21.5. The fraction of sp³-hybridized carbons (Fsp3) is 0.161. The molecule has 5 rings (SSSR count). The second-order valence-corrected chi connectivity index (χ2v) is 8.75. The molecule has 198 valence electrons. The highest BCUT2D eigenvalue weighted by molar-refractivity contribution is 6.09. The van der Waals surface area contributed by atoms with Crippen LogP contribution in [0.25, 0.3) is 33.6 Å². The van der Waals surface area contributed by atoms with Crippen LogP contribution in [0.2, 0.25) is 0 Å². The second-order valence-electron chi connectivity index (χ2n) is 8.75. The summed E-state index contributed by atoms with van der Waals surface area (Å²) in [6.07, 6.45) is 5.10. The molecule has 3 aromatic carbocycles. The van der Waals surface area contributed by atoms with Gasteiger partial charge in [0.05, 0.1) is 63.6 Å². The maximum atomic E-state index is 12.5. The third-order valence-electron chi connectivity index (χ3n) is 6.51. The number of methoxy groups -OCH3 is 4. The number of hydrogen-bond acceptors (Lipinski definition) is 6. The molecule has 0 radical (unpaired) electrons. The molecular weight excluding hydrogens is 494 g/mol. The number of hydrogen-bond donors (Lipinski definition) is 1. The van der Waals surface area contributed by atoms with Crippen LogP contribution in [0.1, 0.15) is 11.3 Å². The summed E-state index contributed by atoms with van der Waals surface area (Å²) >= 11 is 0. The number of rotatable bonds is 9. The highest BCUT2D eigenvalue weighted by Crippen LogP contribution is 2.41. The lowest BCUT2D eigenvalue weighted by atomic mass is 10.1. The number of carbonyl (C=O) groups excluding carboxylic acids is 1. The highest BCUT2D eigenvalue weighted by Gasteiger charge is 2.18. The molecule has 0 aliphatic carbocycles. The van der Waals surface area contributed by atoms with E-state index in [9.17, 15) is 4.79 Å². The average Bonchev–Trinajstić information content (AvgIpc) is 3.32. The quantitative estimate of drug-likeness (QED) is 0.255. The van der Waals surface area contributed by atoms with E-state index >= 15 is 0 Å². The minimum Gasteiger partial charge on any atom is -0.497 e. The van der Waals surface area contributed by atoms with Gasteiger partial charge in [0.2, 0.25) is 11.7 Å². The fourth-order valence-corrected chi connectivity index (χ4v) is 4.61. The number of aromatic nitrogens is 2. The minimum absolute atomic E-state index is 0.201. The summed E-state index contributed by atoms with van der Waals surface area (Å²) in [7, 11) is 6.40. The number of ether oxygens (including phenoxy) is 4.